The minimum Gasteiger partial charge on any atom is -0.328 e. The SMILES string of the molecule is CC(C)(/C=C/C1=Cc2cc(Cl)ccc2C(C2CCNCC2)c2ncccc21)n1ccnc1. The van der Waals surface area contributed by atoms with Crippen molar-refractivity contribution >= 4 is 23.3 Å². The fourth-order valence-electron chi connectivity index (χ4n) is 5.03. The van der Waals surface area contributed by atoms with Crippen LogP contribution >= 0.6 is 11.6 Å². The van der Waals surface area contributed by atoms with E-state index in [2.05, 4.69) is 65.1 Å². The van der Waals surface area contributed by atoms with Crippen LogP contribution in [0.25, 0.3) is 11.6 Å². The maximum Gasteiger partial charge on any atom is 0.0953 e. The van der Waals surface area contributed by atoms with Crippen molar-refractivity contribution in [3.05, 3.63) is 94.8 Å². The molecule has 1 unspecified atom stereocenters. The first kappa shape index (κ1) is 21.2. The standard InChI is InChI=1S/C27H29ClN4/c1-27(2,32-15-14-30-18-32)10-7-20-16-21-17-22(28)5-6-23(21)25(19-8-12-29-13-9-19)26-24(20)4-3-11-31-26/h3-7,10-11,14-19,25,29H,8-9,12-13H2,1-2H3/b10-7+. The fourth-order valence-corrected chi connectivity index (χ4v) is 5.21. The van der Waals surface area contributed by atoms with Gasteiger partial charge in [0.15, 0.2) is 0 Å². The highest BCUT2D eigenvalue weighted by Gasteiger charge is 2.32. The van der Waals surface area contributed by atoms with Crippen LogP contribution in [0.4, 0.5) is 0 Å². The van der Waals surface area contributed by atoms with Gasteiger partial charge in [0.25, 0.3) is 0 Å². The van der Waals surface area contributed by atoms with Gasteiger partial charge in [0.1, 0.15) is 0 Å². The summed E-state index contributed by atoms with van der Waals surface area (Å²) in [5.74, 6) is 0.827. The minimum absolute atomic E-state index is 0.197. The first-order valence-corrected chi connectivity index (χ1v) is 11.8. The van der Waals surface area contributed by atoms with Crippen molar-refractivity contribution in [2.24, 2.45) is 5.92 Å². The van der Waals surface area contributed by atoms with Gasteiger partial charge >= 0.3 is 0 Å². The van der Waals surface area contributed by atoms with Crippen LogP contribution < -0.4 is 5.32 Å². The zero-order valence-corrected chi connectivity index (χ0v) is 19.4. The fraction of sp³-hybridized carbons (Fsp3) is 0.333. The van der Waals surface area contributed by atoms with Crippen molar-refractivity contribution in [1.82, 2.24) is 19.9 Å². The Bertz CT molecular complexity index is 1150. The van der Waals surface area contributed by atoms with E-state index in [1.54, 1.807) is 0 Å². The van der Waals surface area contributed by atoms with E-state index in [1.807, 2.05) is 37.1 Å². The van der Waals surface area contributed by atoms with Gasteiger partial charge in [-0.05, 0) is 86.7 Å². The lowest BCUT2D eigenvalue weighted by atomic mass is 9.76. The topological polar surface area (TPSA) is 42.7 Å². The first-order chi connectivity index (χ1) is 15.5. The van der Waals surface area contributed by atoms with E-state index < -0.39 is 0 Å². The molecule has 3 aromatic rings. The molecule has 1 N–H and O–H groups in total. The Hall–Kier alpha value is -2.69. The number of piperidine rings is 1. The molecule has 2 aromatic heterocycles. The van der Waals surface area contributed by atoms with Gasteiger partial charge < -0.3 is 9.88 Å². The van der Waals surface area contributed by atoms with Crippen molar-refractivity contribution in [3.8, 4) is 0 Å². The van der Waals surface area contributed by atoms with Crippen LogP contribution in [0.5, 0.6) is 0 Å². The molecule has 0 bridgehead atoms. The van der Waals surface area contributed by atoms with Crippen LogP contribution in [0.2, 0.25) is 5.02 Å². The Balaban J connectivity index is 1.65. The number of nitrogens with one attached hydrogen (secondary N) is 1. The van der Waals surface area contributed by atoms with Crippen molar-refractivity contribution in [3.63, 3.8) is 0 Å². The van der Waals surface area contributed by atoms with E-state index in [1.165, 1.54) is 28.0 Å². The summed E-state index contributed by atoms with van der Waals surface area (Å²) in [5.41, 5.74) is 5.88. The number of hydrogen-bond donors (Lipinski definition) is 1. The minimum atomic E-state index is -0.197. The third kappa shape index (κ3) is 4.05. The Morgan fingerprint density at radius 2 is 2.00 bits per heavy atom. The van der Waals surface area contributed by atoms with Crippen LogP contribution in [0.3, 0.4) is 0 Å². The van der Waals surface area contributed by atoms with Gasteiger partial charge in [0, 0.05) is 35.1 Å². The number of allylic oxidation sites excluding steroid dienone is 3. The predicted octanol–water partition coefficient (Wildman–Crippen LogP) is 5.91. The molecule has 4 nitrogen and oxygen atoms in total. The first-order valence-electron chi connectivity index (χ1n) is 11.4. The van der Waals surface area contributed by atoms with Crippen molar-refractivity contribution in [2.75, 3.05) is 13.1 Å². The molecule has 1 aromatic carbocycles. The zero-order chi connectivity index (χ0) is 22.1. The monoisotopic (exact) mass is 444 g/mol. The second-order valence-corrected chi connectivity index (χ2v) is 9.77. The van der Waals surface area contributed by atoms with Gasteiger partial charge in [-0.15, -0.1) is 0 Å². The highest BCUT2D eigenvalue weighted by Crippen LogP contribution is 2.44. The number of rotatable bonds is 4. The van der Waals surface area contributed by atoms with Gasteiger partial charge in [0.2, 0.25) is 0 Å². The lowest BCUT2D eigenvalue weighted by Gasteiger charge is -2.32. The third-order valence-corrected chi connectivity index (χ3v) is 7.07. The molecule has 164 valence electrons. The number of nitrogens with zero attached hydrogens (tertiary/aromatic N) is 3. The van der Waals surface area contributed by atoms with Gasteiger partial charge in [0.05, 0.1) is 17.6 Å². The second kappa shape index (κ2) is 8.68. The Kier molecular flexibility index (Phi) is 5.75. The van der Waals surface area contributed by atoms with Crippen molar-refractivity contribution in [2.45, 2.75) is 38.1 Å². The largest absolute Gasteiger partial charge is 0.328 e. The molecule has 1 aliphatic heterocycles. The molecule has 1 saturated heterocycles. The Morgan fingerprint density at radius 1 is 1.16 bits per heavy atom. The summed E-state index contributed by atoms with van der Waals surface area (Å²) in [7, 11) is 0. The van der Waals surface area contributed by atoms with Crippen LogP contribution in [-0.2, 0) is 5.54 Å². The number of imidazole rings is 1. The number of aromatic nitrogens is 3. The summed E-state index contributed by atoms with van der Waals surface area (Å²) in [4.78, 5) is 9.18. The average Bonchev–Trinajstić information content (AvgIpc) is 3.31. The number of halogens is 1. The number of fused-ring (bicyclic) bond motifs is 2. The molecular weight excluding hydrogens is 416 g/mol. The second-order valence-electron chi connectivity index (χ2n) is 9.33. The molecule has 1 aliphatic carbocycles. The van der Waals surface area contributed by atoms with E-state index in [-0.39, 0.29) is 11.5 Å². The molecule has 32 heavy (non-hydrogen) atoms. The molecule has 2 aliphatic rings. The number of hydrogen-bond acceptors (Lipinski definition) is 3. The summed E-state index contributed by atoms with van der Waals surface area (Å²) >= 11 is 6.46. The molecule has 5 rings (SSSR count). The van der Waals surface area contributed by atoms with E-state index in [9.17, 15) is 0 Å². The van der Waals surface area contributed by atoms with E-state index >= 15 is 0 Å². The summed E-state index contributed by atoms with van der Waals surface area (Å²) in [6, 6.07) is 10.6. The maximum absolute atomic E-state index is 6.46. The molecule has 1 atom stereocenters. The summed E-state index contributed by atoms with van der Waals surface area (Å²) in [6.45, 7) is 6.50. The van der Waals surface area contributed by atoms with Gasteiger partial charge in [-0.3, -0.25) is 4.98 Å². The van der Waals surface area contributed by atoms with Crippen LogP contribution in [0.1, 0.15) is 55.0 Å². The molecule has 3 heterocycles. The van der Waals surface area contributed by atoms with Gasteiger partial charge in [-0.2, -0.15) is 0 Å². The van der Waals surface area contributed by atoms with Crippen molar-refractivity contribution < 1.29 is 0 Å². The Morgan fingerprint density at radius 3 is 2.78 bits per heavy atom. The normalized spacial score (nSPS) is 19.3. The molecular formula is C27H29ClN4. The lowest BCUT2D eigenvalue weighted by Crippen LogP contribution is -2.32. The van der Waals surface area contributed by atoms with Gasteiger partial charge in [-0.1, -0.05) is 35.9 Å². The average molecular weight is 445 g/mol. The summed E-state index contributed by atoms with van der Waals surface area (Å²) in [6.07, 6.45) is 16.7. The molecule has 5 heteroatoms. The number of pyridine rings is 1. The van der Waals surface area contributed by atoms with Crippen LogP contribution in [-0.4, -0.2) is 27.6 Å². The zero-order valence-electron chi connectivity index (χ0n) is 18.6. The van der Waals surface area contributed by atoms with E-state index in [4.69, 9.17) is 16.6 Å². The Labute approximate surface area is 195 Å². The third-order valence-electron chi connectivity index (χ3n) is 6.83. The quantitative estimate of drug-likeness (QED) is 0.544. The molecule has 0 spiro atoms. The molecule has 0 amide bonds. The van der Waals surface area contributed by atoms with Gasteiger partial charge in [-0.25, -0.2) is 4.98 Å². The van der Waals surface area contributed by atoms with E-state index in [0.717, 1.165) is 31.0 Å². The summed E-state index contributed by atoms with van der Waals surface area (Å²) in [5, 5.41) is 4.28. The molecule has 0 saturated carbocycles. The van der Waals surface area contributed by atoms with Crippen LogP contribution in [0, 0.1) is 5.92 Å². The maximum atomic E-state index is 6.46. The highest BCUT2D eigenvalue weighted by atomic mass is 35.5. The summed E-state index contributed by atoms with van der Waals surface area (Å²) < 4.78 is 2.12. The number of benzene rings is 1. The highest BCUT2D eigenvalue weighted by molar-refractivity contribution is 6.30. The smallest absolute Gasteiger partial charge is 0.0953 e. The molecule has 0 radical (unpaired) electrons. The molecule has 1 fully saturated rings. The van der Waals surface area contributed by atoms with Crippen LogP contribution in [0.15, 0.2) is 67.4 Å². The lowest BCUT2D eigenvalue weighted by molar-refractivity contribution is 0.339. The van der Waals surface area contributed by atoms with Crippen molar-refractivity contribution in [1.29, 1.82) is 0 Å². The predicted molar refractivity (Wildman–Crippen MR) is 132 cm³/mol. The van der Waals surface area contributed by atoms with E-state index in [0.29, 0.717) is 5.92 Å².